The smallest absolute Gasteiger partial charge is 0.225 e. The number of rotatable bonds is 6. The second-order valence-corrected chi connectivity index (χ2v) is 4.93. The highest BCUT2D eigenvalue weighted by molar-refractivity contribution is 5.97. The summed E-state index contributed by atoms with van der Waals surface area (Å²) in [5, 5.41) is 0.798. The summed E-state index contributed by atoms with van der Waals surface area (Å²) >= 11 is 0. The number of hydrogen-bond acceptors (Lipinski definition) is 5. The topological polar surface area (TPSA) is 89.3 Å². The molecule has 0 radical (unpaired) electrons. The first-order valence-electron chi connectivity index (χ1n) is 7.08. The molecule has 0 aliphatic rings. The lowest BCUT2D eigenvalue weighted by Crippen LogP contribution is -2.20. The molecule has 0 aliphatic carbocycles. The molecule has 1 amide bonds. The molecule has 0 spiro atoms. The SMILES string of the molecule is Nc1cnc2cc(OCc3ccccc3)ccc2c1NNC=O. The molecule has 1 heterocycles. The van der Waals surface area contributed by atoms with Crippen LogP contribution in [0, 0.1) is 0 Å². The Balaban J connectivity index is 1.84. The molecule has 3 aromatic rings. The van der Waals surface area contributed by atoms with Crippen LogP contribution < -0.4 is 21.3 Å². The fourth-order valence-corrected chi connectivity index (χ4v) is 2.26. The number of carbonyl (C=O) groups is 1. The van der Waals surface area contributed by atoms with Crippen molar-refractivity contribution in [3.05, 3.63) is 60.3 Å². The number of hydrazine groups is 1. The third kappa shape index (κ3) is 3.32. The van der Waals surface area contributed by atoms with Gasteiger partial charge in [-0.25, -0.2) is 0 Å². The summed E-state index contributed by atoms with van der Waals surface area (Å²) in [4.78, 5) is 14.8. The Morgan fingerprint density at radius 2 is 2.00 bits per heavy atom. The van der Waals surface area contributed by atoms with E-state index in [4.69, 9.17) is 10.5 Å². The van der Waals surface area contributed by atoms with Crippen LogP contribution in [0.25, 0.3) is 10.9 Å². The van der Waals surface area contributed by atoms with Gasteiger partial charge in [-0.1, -0.05) is 30.3 Å². The van der Waals surface area contributed by atoms with Gasteiger partial charge < -0.3 is 10.5 Å². The molecule has 0 atom stereocenters. The van der Waals surface area contributed by atoms with E-state index in [1.165, 1.54) is 6.20 Å². The van der Waals surface area contributed by atoms with E-state index in [0.717, 1.165) is 16.5 Å². The first kappa shape index (κ1) is 14.6. The average molecular weight is 308 g/mol. The molecule has 4 N–H and O–H groups in total. The molecule has 1 aromatic heterocycles. The van der Waals surface area contributed by atoms with Crippen molar-refractivity contribution in [1.29, 1.82) is 0 Å². The number of fused-ring (bicyclic) bond motifs is 1. The van der Waals surface area contributed by atoms with Crippen LogP contribution in [-0.4, -0.2) is 11.4 Å². The Morgan fingerprint density at radius 1 is 1.17 bits per heavy atom. The summed E-state index contributed by atoms with van der Waals surface area (Å²) in [6.45, 7) is 0.485. The van der Waals surface area contributed by atoms with Gasteiger partial charge in [-0.05, 0) is 17.7 Å². The van der Waals surface area contributed by atoms with Crippen molar-refractivity contribution in [2.45, 2.75) is 6.61 Å². The highest BCUT2D eigenvalue weighted by Crippen LogP contribution is 2.29. The van der Waals surface area contributed by atoms with Crippen LogP contribution >= 0.6 is 0 Å². The van der Waals surface area contributed by atoms with Crippen molar-refractivity contribution in [2.75, 3.05) is 11.2 Å². The number of pyridine rings is 1. The average Bonchev–Trinajstić information content (AvgIpc) is 2.60. The molecule has 23 heavy (non-hydrogen) atoms. The zero-order valence-electron chi connectivity index (χ0n) is 12.3. The van der Waals surface area contributed by atoms with Gasteiger partial charge in [0, 0.05) is 11.5 Å². The van der Waals surface area contributed by atoms with Gasteiger partial charge >= 0.3 is 0 Å². The van der Waals surface area contributed by atoms with E-state index >= 15 is 0 Å². The molecule has 0 bridgehead atoms. The number of carbonyl (C=O) groups excluding carboxylic acids is 1. The lowest BCUT2D eigenvalue weighted by atomic mass is 10.1. The van der Waals surface area contributed by atoms with Crippen LogP contribution in [-0.2, 0) is 11.4 Å². The van der Waals surface area contributed by atoms with Gasteiger partial charge in [0.05, 0.1) is 23.1 Å². The van der Waals surface area contributed by atoms with E-state index < -0.39 is 0 Å². The predicted molar refractivity (Wildman–Crippen MR) is 89.8 cm³/mol. The molecule has 0 aliphatic heterocycles. The standard InChI is InChI=1S/C17H16N4O2/c18-15-9-19-16-8-13(23-10-12-4-2-1-3-5-12)6-7-14(16)17(15)21-20-11-22/h1-9,11H,10,18H2,(H,19,21)(H,20,22). The molecular formula is C17H16N4O2. The van der Waals surface area contributed by atoms with E-state index in [0.29, 0.717) is 30.1 Å². The number of nitrogens with one attached hydrogen (secondary N) is 2. The Hall–Kier alpha value is -3.28. The molecule has 0 saturated heterocycles. The molecule has 116 valence electrons. The van der Waals surface area contributed by atoms with Gasteiger partial charge in [-0.2, -0.15) is 0 Å². The molecule has 6 heteroatoms. The van der Waals surface area contributed by atoms with E-state index in [1.807, 2.05) is 48.5 Å². The van der Waals surface area contributed by atoms with Crippen LogP contribution in [0.15, 0.2) is 54.7 Å². The quantitative estimate of drug-likeness (QED) is 0.481. The maximum atomic E-state index is 10.4. The Morgan fingerprint density at radius 3 is 2.78 bits per heavy atom. The van der Waals surface area contributed by atoms with Gasteiger partial charge in [-0.3, -0.25) is 20.6 Å². The Labute approximate surface area is 133 Å². The van der Waals surface area contributed by atoms with Crippen molar-refractivity contribution in [1.82, 2.24) is 10.4 Å². The second kappa shape index (κ2) is 6.65. The molecule has 2 aromatic carbocycles. The van der Waals surface area contributed by atoms with Crippen molar-refractivity contribution >= 4 is 28.7 Å². The number of ether oxygens (including phenoxy) is 1. The highest BCUT2D eigenvalue weighted by atomic mass is 16.5. The highest BCUT2D eigenvalue weighted by Gasteiger charge is 2.07. The van der Waals surface area contributed by atoms with Crippen LogP contribution in [0.5, 0.6) is 5.75 Å². The van der Waals surface area contributed by atoms with Crippen molar-refractivity contribution in [2.24, 2.45) is 0 Å². The summed E-state index contributed by atoms with van der Waals surface area (Å²) in [5.74, 6) is 0.716. The molecule has 3 rings (SSSR count). The molecule has 0 unspecified atom stereocenters. The summed E-state index contributed by atoms with van der Waals surface area (Å²) in [7, 11) is 0. The molecular weight excluding hydrogens is 292 g/mol. The molecule has 6 nitrogen and oxygen atoms in total. The number of benzene rings is 2. The second-order valence-electron chi connectivity index (χ2n) is 4.93. The number of nitrogen functional groups attached to an aromatic ring is 1. The van der Waals surface area contributed by atoms with Crippen molar-refractivity contribution in [3.63, 3.8) is 0 Å². The number of nitrogens with zero attached hydrogens (tertiary/aromatic N) is 1. The van der Waals surface area contributed by atoms with E-state index in [2.05, 4.69) is 15.8 Å². The largest absolute Gasteiger partial charge is 0.489 e. The minimum Gasteiger partial charge on any atom is -0.489 e. The fraction of sp³-hybridized carbons (Fsp3) is 0.0588. The minimum absolute atomic E-state index is 0.449. The number of nitrogens with two attached hydrogens (primary N) is 1. The van der Waals surface area contributed by atoms with Crippen LogP contribution in [0.1, 0.15) is 5.56 Å². The van der Waals surface area contributed by atoms with Crippen LogP contribution in [0.4, 0.5) is 11.4 Å². The maximum Gasteiger partial charge on any atom is 0.225 e. The Bertz CT molecular complexity index is 821. The van der Waals surface area contributed by atoms with Crippen molar-refractivity contribution in [3.8, 4) is 5.75 Å². The predicted octanol–water partition coefficient (Wildman–Crippen LogP) is 2.47. The first-order valence-corrected chi connectivity index (χ1v) is 7.08. The van der Waals surface area contributed by atoms with E-state index in [9.17, 15) is 4.79 Å². The summed E-state index contributed by atoms with van der Waals surface area (Å²) in [6.07, 6.45) is 2.08. The van der Waals surface area contributed by atoms with Gasteiger partial charge in [0.15, 0.2) is 0 Å². The first-order chi connectivity index (χ1) is 11.3. The van der Waals surface area contributed by atoms with E-state index in [1.54, 1.807) is 0 Å². The van der Waals surface area contributed by atoms with Crippen LogP contribution in [0.3, 0.4) is 0 Å². The molecule has 0 fully saturated rings. The lowest BCUT2D eigenvalue weighted by molar-refractivity contribution is -0.109. The zero-order valence-corrected chi connectivity index (χ0v) is 12.3. The monoisotopic (exact) mass is 308 g/mol. The number of hydrogen-bond donors (Lipinski definition) is 3. The third-order valence-electron chi connectivity index (χ3n) is 3.37. The maximum absolute atomic E-state index is 10.4. The van der Waals surface area contributed by atoms with E-state index in [-0.39, 0.29) is 0 Å². The normalized spacial score (nSPS) is 10.3. The summed E-state index contributed by atoms with van der Waals surface area (Å²) in [6, 6.07) is 15.5. The number of amides is 1. The minimum atomic E-state index is 0.449. The number of aromatic nitrogens is 1. The summed E-state index contributed by atoms with van der Waals surface area (Å²) < 4.78 is 5.79. The van der Waals surface area contributed by atoms with Gasteiger partial charge in [0.2, 0.25) is 6.41 Å². The number of anilines is 2. The van der Waals surface area contributed by atoms with Crippen LogP contribution in [0.2, 0.25) is 0 Å². The lowest BCUT2D eigenvalue weighted by Gasteiger charge is -2.12. The van der Waals surface area contributed by atoms with Gasteiger partial charge in [0.1, 0.15) is 12.4 Å². The fourth-order valence-electron chi connectivity index (χ4n) is 2.26. The molecule has 0 saturated carbocycles. The third-order valence-corrected chi connectivity index (χ3v) is 3.37. The summed E-state index contributed by atoms with van der Waals surface area (Å²) in [5.41, 5.74) is 13.9. The van der Waals surface area contributed by atoms with Crippen molar-refractivity contribution < 1.29 is 9.53 Å². The Kier molecular flexibility index (Phi) is 4.24. The zero-order chi connectivity index (χ0) is 16.1. The van der Waals surface area contributed by atoms with Gasteiger partial charge in [-0.15, -0.1) is 0 Å². The van der Waals surface area contributed by atoms with Gasteiger partial charge in [0.25, 0.3) is 0 Å².